The Balaban J connectivity index is 1.03. The molecule has 5 aromatic carbocycles. The Morgan fingerprint density at radius 1 is 0.846 bits per heavy atom. The van der Waals surface area contributed by atoms with Crippen molar-refractivity contribution < 1.29 is 44.6 Å². The van der Waals surface area contributed by atoms with Crippen molar-refractivity contribution in [2.75, 3.05) is 68.5 Å². The van der Waals surface area contributed by atoms with Crippen LogP contribution in [-0.4, -0.2) is 103 Å². The predicted molar refractivity (Wildman–Crippen MR) is 249 cm³/mol. The predicted octanol–water partition coefficient (Wildman–Crippen LogP) is 8.54. The lowest BCUT2D eigenvalue weighted by molar-refractivity contribution is -0.0435. The largest absolute Gasteiger partial charge is 0.501 e. The van der Waals surface area contributed by atoms with E-state index in [0.717, 1.165) is 39.4 Å². The fourth-order valence-electron chi connectivity index (χ4n) is 8.11. The quantitative estimate of drug-likeness (QED) is 0.0772. The van der Waals surface area contributed by atoms with Gasteiger partial charge in [0, 0.05) is 77.7 Å². The molecule has 2 saturated heterocycles. The van der Waals surface area contributed by atoms with Crippen molar-refractivity contribution >= 4 is 60.5 Å². The Hall–Kier alpha value is -4.62. The van der Waals surface area contributed by atoms with Crippen molar-refractivity contribution in [1.29, 1.82) is 0 Å². The van der Waals surface area contributed by atoms with E-state index in [0.29, 0.717) is 88.5 Å². The second kappa shape index (κ2) is 20.9. The molecule has 5 aromatic rings. The fourth-order valence-corrected chi connectivity index (χ4v) is 11.3. The molecule has 0 aliphatic carbocycles. The number of carbonyl (C=O) groups is 1. The highest BCUT2D eigenvalue weighted by molar-refractivity contribution is 7.99. The first kappa shape index (κ1) is 48.3. The number of sulfone groups is 1. The summed E-state index contributed by atoms with van der Waals surface area (Å²) in [7, 11) is -10.9. The van der Waals surface area contributed by atoms with Gasteiger partial charge in [0.2, 0.25) is 0 Å². The van der Waals surface area contributed by atoms with Crippen molar-refractivity contribution in [2.24, 2.45) is 5.41 Å². The maximum Gasteiger partial charge on any atom is 0.501 e. The molecule has 11 nitrogen and oxygen atoms in total. The van der Waals surface area contributed by atoms with Crippen molar-refractivity contribution in [3.8, 4) is 11.1 Å². The minimum Gasteiger partial charge on any atom is -0.396 e. The van der Waals surface area contributed by atoms with Crippen LogP contribution in [0.1, 0.15) is 35.2 Å². The molecule has 2 heterocycles. The second-order valence-corrected chi connectivity index (χ2v) is 21.4. The number of rotatable bonds is 17. The van der Waals surface area contributed by atoms with E-state index < -0.39 is 52.8 Å². The Labute approximate surface area is 387 Å². The summed E-state index contributed by atoms with van der Waals surface area (Å²) in [4.78, 5) is 16.4. The monoisotopic (exact) mass is 970 g/mol. The van der Waals surface area contributed by atoms with Crippen molar-refractivity contribution in [3.05, 3.63) is 137 Å². The maximum absolute atomic E-state index is 14.2. The number of carbonyl (C=O) groups excluding carboxylic acids is 1. The van der Waals surface area contributed by atoms with Gasteiger partial charge in [0.1, 0.15) is 4.90 Å². The van der Waals surface area contributed by atoms with E-state index in [1.54, 1.807) is 12.1 Å². The standard InChI is InChI=1S/C47H50ClF3N4O7S3/c48-37-14-10-34(11-15-37)42-9-5-4-6-36(42)31-46(33-56)21-24-55(25-22-46)39-16-12-35(13-17-39)45(57)53-65(60,61)41-18-19-43(44(30-41)64(58,59)47(49,50)51)52-38(20-23-54-26-28-62-29-27-54)32-63-40-7-2-1-3-8-40/h1-19,30,38,52,56H,20-29,31-33H2,(H,53,57)/t38-/m1/s1. The van der Waals surface area contributed by atoms with E-state index in [9.17, 15) is 39.9 Å². The number of ether oxygens (including phenoxy) is 1. The Bertz CT molecular complexity index is 2630. The van der Waals surface area contributed by atoms with E-state index >= 15 is 0 Å². The zero-order valence-electron chi connectivity index (χ0n) is 35.3. The van der Waals surface area contributed by atoms with Crippen molar-refractivity contribution in [1.82, 2.24) is 9.62 Å². The van der Waals surface area contributed by atoms with Gasteiger partial charge in [-0.25, -0.2) is 21.6 Å². The number of nitrogens with one attached hydrogen (secondary N) is 2. The average Bonchev–Trinajstić information content (AvgIpc) is 3.31. The molecule has 0 aromatic heterocycles. The lowest BCUT2D eigenvalue weighted by atomic mass is 9.73. The number of amides is 1. The second-order valence-electron chi connectivity index (χ2n) is 16.3. The molecule has 7 rings (SSSR count). The highest BCUT2D eigenvalue weighted by Gasteiger charge is 2.48. The van der Waals surface area contributed by atoms with Crippen LogP contribution in [0.4, 0.5) is 24.5 Å². The summed E-state index contributed by atoms with van der Waals surface area (Å²) >= 11 is 7.57. The zero-order chi connectivity index (χ0) is 46.2. The minimum absolute atomic E-state index is 0.00393. The Kier molecular flexibility index (Phi) is 15.5. The molecular formula is C47H50ClF3N4O7S3. The number of hydrogen-bond acceptors (Lipinski definition) is 11. The number of aliphatic hydroxyl groups is 1. The first-order chi connectivity index (χ1) is 31.1. The smallest absolute Gasteiger partial charge is 0.396 e. The van der Waals surface area contributed by atoms with Gasteiger partial charge in [0.05, 0.1) is 23.8 Å². The molecule has 18 heteroatoms. The third-order valence-electron chi connectivity index (χ3n) is 11.9. The van der Waals surface area contributed by atoms with Gasteiger partial charge in [-0.2, -0.15) is 13.2 Å². The molecule has 0 radical (unpaired) electrons. The van der Waals surface area contributed by atoms with Crippen LogP contribution in [0, 0.1) is 5.41 Å². The summed E-state index contributed by atoms with van der Waals surface area (Å²) in [5.74, 6) is -0.700. The number of aliphatic hydroxyl groups excluding tert-OH is 1. The highest BCUT2D eigenvalue weighted by atomic mass is 35.5. The number of piperidine rings is 1. The van der Waals surface area contributed by atoms with Crippen LogP contribution in [0.25, 0.3) is 11.1 Å². The van der Waals surface area contributed by atoms with Crippen molar-refractivity contribution in [3.63, 3.8) is 0 Å². The number of anilines is 2. The zero-order valence-corrected chi connectivity index (χ0v) is 38.5. The van der Waals surface area contributed by atoms with Gasteiger partial charge in [-0.3, -0.25) is 9.69 Å². The molecular weight excluding hydrogens is 921 g/mol. The van der Waals surface area contributed by atoms with E-state index in [2.05, 4.69) is 27.2 Å². The van der Waals surface area contributed by atoms with Gasteiger partial charge >= 0.3 is 5.51 Å². The number of halogens is 4. The molecule has 65 heavy (non-hydrogen) atoms. The van der Waals surface area contributed by atoms with Gasteiger partial charge < -0.3 is 20.1 Å². The minimum atomic E-state index is -6.07. The summed E-state index contributed by atoms with van der Waals surface area (Å²) in [6.07, 6.45) is 2.46. The molecule has 0 spiro atoms. The van der Waals surface area contributed by atoms with E-state index in [-0.39, 0.29) is 17.6 Å². The van der Waals surface area contributed by atoms with Crippen LogP contribution < -0.4 is 14.9 Å². The number of hydrogen-bond donors (Lipinski definition) is 3. The molecule has 1 amide bonds. The van der Waals surface area contributed by atoms with Crippen molar-refractivity contribution in [2.45, 2.75) is 51.9 Å². The fraction of sp³-hybridized carbons (Fsp3) is 0.340. The number of nitrogens with zero attached hydrogens (tertiary/aromatic N) is 2. The molecule has 3 N–H and O–H groups in total. The van der Waals surface area contributed by atoms with Crippen LogP contribution in [0.3, 0.4) is 0 Å². The lowest BCUT2D eigenvalue weighted by Crippen LogP contribution is -2.43. The maximum atomic E-state index is 14.2. The lowest BCUT2D eigenvalue weighted by Gasteiger charge is -2.42. The molecule has 2 aliphatic heterocycles. The Morgan fingerprint density at radius 3 is 2.17 bits per heavy atom. The number of benzene rings is 5. The molecule has 2 aliphatic rings. The summed E-state index contributed by atoms with van der Waals surface area (Å²) < 4.78 is 103. The first-order valence-corrected chi connectivity index (χ1v) is 25.5. The summed E-state index contributed by atoms with van der Waals surface area (Å²) in [6.45, 7) is 4.19. The highest BCUT2D eigenvalue weighted by Crippen LogP contribution is 2.40. The SMILES string of the molecule is O=C(NS(=O)(=O)c1ccc(N[C@H](CCN2CCOCC2)CSc2ccccc2)c(S(=O)(=O)C(F)(F)F)c1)c1ccc(N2CCC(CO)(Cc3ccccc3-c3ccc(Cl)cc3)CC2)cc1. The van der Waals surface area contributed by atoms with Crippen LogP contribution in [0.15, 0.2) is 136 Å². The summed E-state index contributed by atoms with van der Waals surface area (Å²) in [5.41, 5.74) is -2.59. The van der Waals surface area contributed by atoms with E-state index in [4.69, 9.17) is 16.3 Å². The molecule has 0 saturated carbocycles. The molecule has 346 valence electrons. The van der Waals surface area contributed by atoms with Crippen LogP contribution in [-0.2, 0) is 31.0 Å². The summed E-state index contributed by atoms with van der Waals surface area (Å²) in [5, 5.41) is 14.3. The molecule has 2 fully saturated rings. The first-order valence-electron chi connectivity index (χ1n) is 21.1. The average molecular weight is 972 g/mol. The number of morpholine rings is 1. The van der Waals surface area contributed by atoms with Gasteiger partial charge in [-0.05, 0) is 109 Å². The Morgan fingerprint density at radius 2 is 1.51 bits per heavy atom. The summed E-state index contributed by atoms with van der Waals surface area (Å²) in [6, 6.07) is 33.2. The van der Waals surface area contributed by atoms with Gasteiger partial charge in [0.25, 0.3) is 25.8 Å². The third-order valence-corrected chi connectivity index (χ3v) is 16.2. The van der Waals surface area contributed by atoms with Gasteiger partial charge in [-0.1, -0.05) is 66.2 Å². The van der Waals surface area contributed by atoms with E-state index in [1.807, 2.05) is 71.5 Å². The topological polar surface area (TPSA) is 145 Å². The van der Waals surface area contributed by atoms with Crippen LogP contribution in [0.2, 0.25) is 5.02 Å². The van der Waals surface area contributed by atoms with Crippen LogP contribution >= 0.6 is 23.4 Å². The number of sulfonamides is 1. The molecule has 1 atom stereocenters. The normalized spacial score (nSPS) is 16.5. The number of thioether (sulfide) groups is 1. The van der Waals surface area contributed by atoms with E-state index in [1.165, 1.54) is 23.9 Å². The van der Waals surface area contributed by atoms with Gasteiger partial charge in [-0.15, -0.1) is 11.8 Å². The third kappa shape index (κ3) is 12.0. The van der Waals surface area contributed by atoms with Crippen LogP contribution in [0.5, 0.6) is 0 Å². The number of alkyl halides is 3. The molecule has 0 bridgehead atoms. The van der Waals surface area contributed by atoms with Gasteiger partial charge in [0.15, 0.2) is 0 Å². The molecule has 0 unspecified atom stereocenters.